The molecule has 112 valence electrons. The maximum atomic E-state index is 4.85. The van der Waals surface area contributed by atoms with Crippen molar-refractivity contribution in [3.05, 3.63) is 30.0 Å². The third-order valence-electron chi connectivity index (χ3n) is 4.28. The van der Waals surface area contributed by atoms with Gasteiger partial charge in [0.25, 0.3) is 0 Å². The number of anilines is 1. The van der Waals surface area contributed by atoms with Crippen LogP contribution in [0.1, 0.15) is 25.5 Å². The van der Waals surface area contributed by atoms with Crippen molar-refractivity contribution in [2.24, 2.45) is 5.92 Å². The third kappa shape index (κ3) is 3.16. The summed E-state index contributed by atoms with van der Waals surface area (Å²) in [4.78, 5) is 12.0. The summed E-state index contributed by atoms with van der Waals surface area (Å²) in [6.45, 7) is 8.60. The maximum Gasteiger partial charge on any atom is 0.150 e. The lowest BCUT2D eigenvalue weighted by Gasteiger charge is -2.30. The van der Waals surface area contributed by atoms with Crippen LogP contribution < -0.4 is 10.2 Å². The van der Waals surface area contributed by atoms with Crippen LogP contribution in [-0.2, 0) is 0 Å². The monoisotopic (exact) mass is 284 g/mol. The van der Waals surface area contributed by atoms with Gasteiger partial charge < -0.3 is 10.2 Å². The summed E-state index contributed by atoms with van der Waals surface area (Å²) in [5, 5.41) is 3.50. The zero-order valence-corrected chi connectivity index (χ0v) is 13.0. The lowest BCUT2D eigenvalue weighted by atomic mass is 9.99. The zero-order valence-electron chi connectivity index (χ0n) is 13.0. The van der Waals surface area contributed by atoms with E-state index in [-0.39, 0.29) is 0 Å². The summed E-state index contributed by atoms with van der Waals surface area (Å²) >= 11 is 0. The summed E-state index contributed by atoms with van der Waals surface area (Å²) in [6, 6.07) is 8.11. The molecule has 1 atom stereocenters. The molecule has 0 bridgehead atoms. The Morgan fingerprint density at radius 3 is 2.67 bits per heavy atom. The smallest absolute Gasteiger partial charge is 0.150 e. The molecule has 0 spiro atoms. The highest BCUT2D eigenvalue weighted by Crippen LogP contribution is 2.22. The number of aromatic nitrogens is 2. The number of benzene rings is 1. The average molecular weight is 284 g/mol. The predicted molar refractivity (Wildman–Crippen MR) is 87.8 cm³/mol. The van der Waals surface area contributed by atoms with Gasteiger partial charge in [0.15, 0.2) is 5.82 Å². The Morgan fingerprint density at radius 1 is 1.24 bits per heavy atom. The number of hydrogen-bond acceptors (Lipinski definition) is 4. The highest BCUT2D eigenvalue weighted by molar-refractivity contribution is 5.76. The molecule has 4 nitrogen and oxygen atoms in total. The lowest BCUT2D eigenvalue weighted by Crippen LogP contribution is -2.39. The maximum absolute atomic E-state index is 4.85. The Labute approximate surface area is 126 Å². The number of hydrogen-bond donors (Lipinski definition) is 1. The van der Waals surface area contributed by atoms with Crippen LogP contribution in [0.4, 0.5) is 5.82 Å². The Balaban J connectivity index is 1.86. The van der Waals surface area contributed by atoms with Crippen LogP contribution in [0.5, 0.6) is 0 Å². The molecule has 0 radical (unpaired) electrons. The van der Waals surface area contributed by atoms with E-state index < -0.39 is 0 Å². The third-order valence-corrected chi connectivity index (χ3v) is 4.28. The molecule has 1 aliphatic heterocycles. The summed E-state index contributed by atoms with van der Waals surface area (Å²) in [5.41, 5.74) is 2.99. The summed E-state index contributed by atoms with van der Waals surface area (Å²) in [7, 11) is 0. The molecule has 0 aliphatic carbocycles. The van der Waals surface area contributed by atoms with E-state index >= 15 is 0 Å². The van der Waals surface area contributed by atoms with E-state index in [0.29, 0.717) is 5.92 Å². The van der Waals surface area contributed by atoms with Gasteiger partial charge in [0.05, 0.1) is 16.7 Å². The fourth-order valence-electron chi connectivity index (χ4n) is 3.14. The van der Waals surface area contributed by atoms with E-state index in [2.05, 4.69) is 24.1 Å². The minimum absolute atomic E-state index is 0.714. The van der Waals surface area contributed by atoms with Crippen LogP contribution in [0.3, 0.4) is 0 Å². The second-order valence-corrected chi connectivity index (χ2v) is 5.87. The van der Waals surface area contributed by atoms with E-state index in [0.717, 1.165) is 48.7 Å². The number of fused-ring (bicyclic) bond motifs is 1. The minimum Gasteiger partial charge on any atom is -0.355 e. The molecule has 1 aromatic carbocycles. The molecule has 0 saturated carbocycles. The standard InChI is InChI=1S/C17H24N4/c1-3-21(12-14-7-6-10-18-11-14)17-13(2)19-15-8-4-5-9-16(15)20-17/h4-5,8-9,14,18H,3,6-7,10-12H2,1-2H3. The van der Waals surface area contributed by atoms with Gasteiger partial charge in [0, 0.05) is 13.1 Å². The van der Waals surface area contributed by atoms with E-state index in [9.17, 15) is 0 Å². The summed E-state index contributed by atoms with van der Waals surface area (Å²) < 4.78 is 0. The van der Waals surface area contributed by atoms with Crippen molar-refractivity contribution >= 4 is 16.9 Å². The van der Waals surface area contributed by atoms with Crippen molar-refractivity contribution in [2.45, 2.75) is 26.7 Å². The van der Waals surface area contributed by atoms with Crippen LogP contribution in [0, 0.1) is 12.8 Å². The van der Waals surface area contributed by atoms with Crippen LogP contribution >= 0.6 is 0 Å². The normalized spacial score (nSPS) is 18.9. The van der Waals surface area contributed by atoms with E-state index in [4.69, 9.17) is 9.97 Å². The van der Waals surface area contributed by atoms with Gasteiger partial charge in [-0.25, -0.2) is 9.97 Å². The van der Waals surface area contributed by atoms with Gasteiger partial charge in [-0.15, -0.1) is 0 Å². The number of rotatable bonds is 4. The summed E-state index contributed by atoms with van der Waals surface area (Å²) in [5.74, 6) is 1.76. The molecule has 1 aromatic heterocycles. The molecule has 1 N–H and O–H groups in total. The van der Waals surface area contributed by atoms with Crippen LogP contribution in [0.15, 0.2) is 24.3 Å². The largest absolute Gasteiger partial charge is 0.355 e. The Kier molecular flexibility index (Phi) is 4.34. The molecule has 3 rings (SSSR count). The first-order valence-electron chi connectivity index (χ1n) is 7.97. The molecule has 2 aromatic rings. The SMILES string of the molecule is CCN(CC1CCCNC1)c1nc2ccccc2nc1C. The van der Waals surface area contributed by atoms with Gasteiger partial charge in [-0.05, 0) is 57.8 Å². The zero-order chi connectivity index (χ0) is 14.7. The van der Waals surface area contributed by atoms with Crippen LogP contribution in [0.25, 0.3) is 11.0 Å². The Bertz CT molecular complexity index is 605. The summed E-state index contributed by atoms with van der Waals surface area (Å²) in [6.07, 6.45) is 2.59. The number of nitrogens with one attached hydrogen (secondary N) is 1. The number of nitrogens with zero attached hydrogens (tertiary/aromatic N) is 3. The minimum atomic E-state index is 0.714. The molecule has 4 heteroatoms. The first kappa shape index (κ1) is 14.3. The average Bonchev–Trinajstić information content (AvgIpc) is 2.53. The molecule has 1 saturated heterocycles. The van der Waals surface area contributed by atoms with Gasteiger partial charge in [0.2, 0.25) is 0 Å². The van der Waals surface area contributed by atoms with Crippen molar-refractivity contribution in [2.75, 3.05) is 31.1 Å². The van der Waals surface area contributed by atoms with Gasteiger partial charge in [0.1, 0.15) is 0 Å². The second kappa shape index (κ2) is 6.39. The van der Waals surface area contributed by atoms with Crippen molar-refractivity contribution in [1.82, 2.24) is 15.3 Å². The van der Waals surface area contributed by atoms with Gasteiger partial charge in [-0.3, -0.25) is 0 Å². The molecule has 2 heterocycles. The fourth-order valence-corrected chi connectivity index (χ4v) is 3.14. The lowest BCUT2D eigenvalue weighted by molar-refractivity contribution is 0.377. The first-order chi connectivity index (χ1) is 10.3. The number of para-hydroxylation sites is 2. The molecule has 1 unspecified atom stereocenters. The van der Waals surface area contributed by atoms with E-state index in [1.165, 1.54) is 12.8 Å². The van der Waals surface area contributed by atoms with Gasteiger partial charge >= 0.3 is 0 Å². The molecular weight excluding hydrogens is 260 g/mol. The highest BCUT2D eigenvalue weighted by atomic mass is 15.2. The van der Waals surface area contributed by atoms with E-state index in [1.807, 2.05) is 24.3 Å². The topological polar surface area (TPSA) is 41.0 Å². The molecule has 21 heavy (non-hydrogen) atoms. The number of piperidine rings is 1. The van der Waals surface area contributed by atoms with Crippen LogP contribution in [0.2, 0.25) is 0 Å². The predicted octanol–water partition coefficient (Wildman–Crippen LogP) is 2.76. The Morgan fingerprint density at radius 2 is 2.00 bits per heavy atom. The van der Waals surface area contributed by atoms with Gasteiger partial charge in [-0.2, -0.15) is 0 Å². The molecule has 1 aliphatic rings. The van der Waals surface area contributed by atoms with Crippen molar-refractivity contribution in [3.8, 4) is 0 Å². The first-order valence-corrected chi connectivity index (χ1v) is 7.97. The van der Waals surface area contributed by atoms with Crippen molar-refractivity contribution < 1.29 is 0 Å². The molecule has 1 fully saturated rings. The van der Waals surface area contributed by atoms with Crippen LogP contribution in [-0.4, -0.2) is 36.1 Å². The quantitative estimate of drug-likeness (QED) is 0.937. The molecule has 0 amide bonds. The number of aryl methyl sites for hydroxylation is 1. The van der Waals surface area contributed by atoms with E-state index in [1.54, 1.807) is 0 Å². The second-order valence-electron chi connectivity index (χ2n) is 5.87. The fraction of sp³-hybridized carbons (Fsp3) is 0.529. The Hall–Kier alpha value is -1.68. The van der Waals surface area contributed by atoms with Crippen molar-refractivity contribution in [1.29, 1.82) is 0 Å². The highest BCUT2D eigenvalue weighted by Gasteiger charge is 2.19. The van der Waals surface area contributed by atoms with Gasteiger partial charge in [-0.1, -0.05) is 12.1 Å². The molecular formula is C17H24N4. The van der Waals surface area contributed by atoms with Crippen molar-refractivity contribution in [3.63, 3.8) is 0 Å².